The SMILES string of the molecule is O=[N+]([O-])c1cc([N+](=O)[O-])c(O)c([N+](=O)[O-])c1.c1ccc(C2=c3ccc4c5c(ccc(c35)=N2)=C(c2ccccc2)N=4)cc1. The molecule has 2 heterocycles. The molecule has 0 spiro atoms. The minimum Gasteiger partial charge on any atom is -0.497 e. The van der Waals surface area contributed by atoms with Crippen LogP contribution in [0, 0.1) is 30.3 Å². The van der Waals surface area contributed by atoms with E-state index in [1.807, 2.05) is 12.1 Å². The molecule has 0 fully saturated rings. The lowest BCUT2D eigenvalue weighted by Crippen LogP contribution is -2.20. The summed E-state index contributed by atoms with van der Waals surface area (Å²) in [5.74, 6) is -1.21. The van der Waals surface area contributed by atoms with Gasteiger partial charge in [-0.3, -0.25) is 30.3 Å². The highest BCUT2D eigenvalue weighted by Gasteiger charge is 2.30. The second kappa shape index (κ2) is 10.0. The Morgan fingerprint density at radius 2 is 0.952 bits per heavy atom. The number of nitro groups is 3. The van der Waals surface area contributed by atoms with Crippen LogP contribution < -0.4 is 21.2 Å². The molecule has 1 N–H and O–H groups in total. The molecule has 12 nitrogen and oxygen atoms in total. The van der Waals surface area contributed by atoms with Gasteiger partial charge in [-0.1, -0.05) is 60.7 Å². The van der Waals surface area contributed by atoms with Crippen LogP contribution >= 0.6 is 0 Å². The summed E-state index contributed by atoms with van der Waals surface area (Å²) >= 11 is 0. The molecule has 7 rings (SSSR count). The number of aromatic hydroxyl groups is 1. The molecule has 0 aromatic heterocycles. The first kappa shape index (κ1) is 26.0. The van der Waals surface area contributed by atoms with Crippen LogP contribution in [0.1, 0.15) is 11.1 Å². The van der Waals surface area contributed by atoms with Gasteiger partial charge in [-0.2, -0.15) is 0 Å². The van der Waals surface area contributed by atoms with E-state index < -0.39 is 37.6 Å². The maximum atomic E-state index is 10.4. The van der Waals surface area contributed by atoms with Gasteiger partial charge in [0, 0.05) is 32.3 Å². The Kier molecular flexibility index (Phi) is 6.19. The van der Waals surface area contributed by atoms with E-state index in [0.29, 0.717) is 12.1 Å². The van der Waals surface area contributed by atoms with E-state index in [2.05, 4.69) is 72.8 Å². The van der Waals surface area contributed by atoms with Crippen LogP contribution in [0.25, 0.3) is 22.2 Å². The summed E-state index contributed by atoms with van der Waals surface area (Å²) in [6, 6.07) is 30.3. The number of hydrogen-bond acceptors (Lipinski definition) is 9. The number of benzene rings is 5. The molecule has 5 aromatic rings. The number of hydrogen-bond donors (Lipinski definition) is 1. The predicted octanol–water partition coefficient (Wildman–Crippen LogP) is 3.54. The van der Waals surface area contributed by atoms with Crippen LogP contribution in [0.2, 0.25) is 0 Å². The molecule has 42 heavy (non-hydrogen) atoms. The highest BCUT2D eigenvalue weighted by molar-refractivity contribution is 5.93. The molecule has 2 aliphatic heterocycles. The Morgan fingerprint density at radius 3 is 1.31 bits per heavy atom. The molecule has 0 saturated heterocycles. The average Bonchev–Trinajstić information content (AvgIpc) is 3.56. The van der Waals surface area contributed by atoms with E-state index in [-0.39, 0.29) is 0 Å². The molecular weight excluding hydrogens is 542 g/mol. The minimum atomic E-state index is -1.21. The van der Waals surface area contributed by atoms with Crippen molar-refractivity contribution in [1.29, 1.82) is 0 Å². The lowest BCUT2D eigenvalue weighted by molar-refractivity contribution is -0.404. The molecule has 0 amide bonds. The molecule has 204 valence electrons. The van der Waals surface area contributed by atoms with Crippen molar-refractivity contribution in [3.8, 4) is 5.75 Å². The molecule has 0 aliphatic carbocycles. The van der Waals surface area contributed by atoms with Crippen molar-refractivity contribution in [2.75, 3.05) is 0 Å². The van der Waals surface area contributed by atoms with E-state index in [1.54, 1.807) is 0 Å². The molecule has 2 aliphatic rings. The zero-order valence-electron chi connectivity index (χ0n) is 21.4. The van der Waals surface area contributed by atoms with Crippen LogP contribution in [0.15, 0.2) is 107 Å². The van der Waals surface area contributed by atoms with Gasteiger partial charge in [-0.05, 0) is 24.3 Å². The summed E-state index contributed by atoms with van der Waals surface area (Å²) in [5.41, 5.74) is 1.42. The molecule has 0 unspecified atom stereocenters. The topological polar surface area (TPSA) is 174 Å². The van der Waals surface area contributed by atoms with E-state index in [4.69, 9.17) is 15.1 Å². The molecule has 5 aromatic carbocycles. The molecule has 0 atom stereocenters. The summed E-state index contributed by atoms with van der Waals surface area (Å²) in [4.78, 5) is 37.6. The maximum absolute atomic E-state index is 10.4. The summed E-state index contributed by atoms with van der Waals surface area (Å²) in [6.45, 7) is 0. The van der Waals surface area contributed by atoms with Crippen LogP contribution in [-0.4, -0.2) is 19.9 Å². The van der Waals surface area contributed by atoms with E-state index in [1.165, 1.54) is 21.2 Å². The number of phenolic OH excluding ortho intramolecular Hbond substituents is 1. The van der Waals surface area contributed by atoms with Gasteiger partial charge in [0.2, 0.25) is 0 Å². The summed E-state index contributed by atoms with van der Waals surface area (Å²) < 4.78 is 0. The van der Waals surface area contributed by atoms with E-state index in [0.717, 1.165) is 33.2 Å². The van der Waals surface area contributed by atoms with Gasteiger partial charge in [-0.25, -0.2) is 9.98 Å². The van der Waals surface area contributed by atoms with Gasteiger partial charge in [-0.15, -0.1) is 0 Å². The van der Waals surface area contributed by atoms with Gasteiger partial charge >= 0.3 is 11.4 Å². The molecule has 0 bridgehead atoms. The van der Waals surface area contributed by atoms with Crippen molar-refractivity contribution in [3.63, 3.8) is 0 Å². The lowest BCUT2D eigenvalue weighted by Gasteiger charge is -1.99. The van der Waals surface area contributed by atoms with Gasteiger partial charge in [0.05, 0.1) is 49.0 Å². The molecular formula is C30H17N5O7. The Labute approximate surface area is 234 Å². The lowest BCUT2D eigenvalue weighted by atomic mass is 10.0. The second-order valence-corrected chi connectivity index (χ2v) is 9.27. The third kappa shape index (κ3) is 4.29. The zero-order chi connectivity index (χ0) is 29.5. The zero-order valence-corrected chi connectivity index (χ0v) is 21.4. The molecule has 12 heteroatoms. The monoisotopic (exact) mass is 559 g/mol. The Morgan fingerprint density at radius 1 is 0.548 bits per heavy atom. The van der Waals surface area contributed by atoms with Gasteiger partial charge in [0.25, 0.3) is 11.4 Å². The van der Waals surface area contributed by atoms with Crippen LogP contribution in [0.5, 0.6) is 5.75 Å². The predicted molar refractivity (Wildman–Crippen MR) is 151 cm³/mol. The smallest absolute Gasteiger partial charge is 0.324 e. The third-order valence-electron chi connectivity index (χ3n) is 6.84. The normalized spacial score (nSPS) is 12.3. The van der Waals surface area contributed by atoms with E-state index in [9.17, 15) is 30.3 Å². The highest BCUT2D eigenvalue weighted by Crippen LogP contribution is 2.39. The highest BCUT2D eigenvalue weighted by atomic mass is 16.6. The first-order valence-corrected chi connectivity index (χ1v) is 12.4. The summed E-state index contributed by atoms with van der Waals surface area (Å²) in [7, 11) is 0. The fourth-order valence-corrected chi connectivity index (χ4v) is 5.01. The average molecular weight is 559 g/mol. The Bertz CT molecular complexity index is 2090. The van der Waals surface area contributed by atoms with Gasteiger partial charge in [0.15, 0.2) is 0 Å². The van der Waals surface area contributed by atoms with Crippen LogP contribution in [-0.2, 0) is 0 Å². The van der Waals surface area contributed by atoms with Crippen LogP contribution in [0.4, 0.5) is 17.1 Å². The van der Waals surface area contributed by atoms with Crippen molar-refractivity contribution in [2.24, 2.45) is 9.98 Å². The van der Waals surface area contributed by atoms with Gasteiger partial charge in [0.1, 0.15) is 0 Å². The van der Waals surface area contributed by atoms with Crippen molar-refractivity contribution >= 4 is 39.2 Å². The fourth-order valence-electron chi connectivity index (χ4n) is 5.01. The number of rotatable bonds is 5. The largest absolute Gasteiger partial charge is 0.497 e. The third-order valence-corrected chi connectivity index (χ3v) is 6.84. The number of non-ortho nitro benzene ring substituents is 1. The van der Waals surface area contributed by atoms with Crippen LogP contribution in [0.3, 0.4) is 0 Å². The van der Waals surface area contributed by atoms with Crippen molar-refractivity contribution in [3.05, 3.63) is 160 Å². The Hall–Kier alpha value is -6.30. The Balaban J connectivity index is 0.000000171. The molecule has 0 radical (unpaired) electrons. The van der Waals surface area contributed by atoms with Gasteiger partial charge < -0.3 is 5.11 Å². The quantitative estimate of drug-likeness (QED) is 0.253. The second-order valence-electron chi connectivity index (χ2n) is 9.27. The van der Waals surface area contributed by atoms with E-state index >= 15 is 0 Å². The van der Waals surface area contributed by atoms with Crippen molar-refractivity contribution in [1.82, 2.24) is 0 Å². The molecule has 0 saturated carbocycles. The minimum absolute atomic E-state index is 0.447. The summed E-state index contributed by atoms with van der Waals surface area (Å²) in [5, 5.41) is 47.2. The standard InChI is InChI=1S/C24H14N2.C6H3N3O7/c1-3-7-15(8-4-1)23-17-11-13-20-22-18(12-14-19(25-23)21(17)22)24(26-20)16-9-5-2-6-10-16;10-6-4(8(13)14)1-3(7(11)12)2-5(6)9(15)16/h1-14H;1-2,10H. The number of phenols is 1. The number of nitrogens with zero attached hydrogens (tertiary/aromatic N) is 5. The van der Waals surface area contributed by atoms with Crippen molar-refractivity contribution in [2.45, 2.75) is 0 Å². The number of nitro benzene ring substituents is 3. The summed E-state index contributed by atoms with van der Waals surface area (Å²) in [6.07, 6.45) is 0. The fraction of sp³-hybridized carbons (Fsp3) is 0. The first-order chi connectivity index (χ1) is 20.2. The maximum Gasteiger partial charge on any atom is 0.324 e. The first-order valence-electron chi connectivity index (χ1n) is 12.4. The van der Waals surface area contributed by atoms with Crippen molar-refractivity contribution < 1.29 is 19.9 Å².